The average Bonchev–Trinajstić information content (AvgIpc) is 3.06. The van der Waals surface area contributed by atoms with Gasteiger partial charge in [-0.2, -0.15) is 9.97 Å². The molecule has 8 nitrogen and oxygen atoms in total. The van der Waals surface area contributed by atoms with Crippen molar-refractivity contribution in [2.75, 3.05) is 26.6 Å². The smallest absolute Gasteiger partial charge is 0.320 e. The minimum Gasteiger partial charge on any atom is -0.494 e. The van der Waals surface area contributed by atoms with Gasteiger partial charge in [0.1, 0.15) is 17.0 Å². The maximum absolute atomic E-state index is 12.5. The average molecular weight is 381 g/mol. The van der Waals surface area contributed by atoms with Crippen molar-refractivity contribution in [3.05, 3.63) is 28.9 Å². The van der Waals surface area contributed by atoms with Crippen LogP contribution in [0.1, 0.15) is 10.5 Å². The van der Waals surface area contributed by atoms with Crippen LogP contribution in [0.5, 0.6) is 17.6 Å². The fourth-order valence-electron chi connectivity index (χ4n) is 2.05. The molecule has 0 aliphatic carbocycles. The number of rotatable bonds is 5. The van der Waals surface area contributed by atoms with E-state index in [2.05, 4.69) is 20.3 Å². The number of aromatic nitrogens is 3. The zero-order chi connectivity index (χ0) is 18.0. The number of thiazole rings is 1. The van der Waals surface area contributed by atoms with E-state index in [1.54, 1.807) is 19.2 Å². The third-order valence-electron chi connectivity index (χ3n) is 3.21. The molecular formula is C15H13ClN4O4S. The summed E-state index contributed by atoms with van der Waals surface area (Å²) >= 11 is 7.42. The van der Waals surface area contributed by atoms with E-state index in [4.69, 9.17) is 25.8 Å². The molecule has 10 heteroatoms. The Morgan fingerprint density at radius 1 is 1.12 bits per heavy atom. The van der Waals surface area contributed by atoms with Gasteiger partial charge in [0.15, 0.2) is 5.13 Å². The number of carbonyl (C=O) groups is 1. The molecule has 1 aromatic carbocycles. The van der Waals surface area contributed by atoms with Crippen LogP contribution in [0.25, 0.3) is 10.2 Å². The molecule has 0 aliphatic rings. The number of nitrogens with one attached hydrogen (secondary N) is 1. The summed E-state index contributed by atoms with van der Waals surface area (Å²) in [5, 5.41) is 3.57. The molecule has 0 saturated carbocycles. The van der Waals surface area contributed by atoms with E-state index in [0.29, 0.717) is 26.1 Å². The lowest BCUT2D eigenvalue weighted by atomic mass is 10.3. The Labute approximate surface area is 151 Å². The molecule has 1 amide bonds. The van der Waals surface area contributed by atoms with Crippen LogP contribution in [0, 0.1) is 0 Å². The van der Waals surface area contributed by atoms with Crippen LogP contribution >= 0.6 is 22.9 Å². The largest absolute Gasteiger partial charge is 0.494 e. The van der Waals surface area contributed by atoms with Crippen LogP contribution in [-0.2, 0) is 0 Å². The predicted molar refractivity (Wildman–Crippen MR) is 94.3 cm³/mol. The second-order valence-electron chi connectivity index (χ2n) is 4.68. The van der Waals surface area contributed by atoms with Crippen LogP contribution in [-0.4, -0.2) is 42.2 Å². The summed E-state index contributed by atoms with van der Waals surface area (Å²) in [6.45, 7) is 0. The maximum Gasteiger partial charge on any atom is 0.320 e. The standard InChI is InChI=1S/C15H13ClN4O4S/c1-22-9-5-4-7(16)12-11(9)19-15(25-12)20-13(21)8-6-10(23-2)18-14(17-8)24-3/h4-6H,1-3H3,(H,19,20,21). The van der Waals surface area contributed by atoms with Crippen LogP contribution in [0.2, 0.25) is 5.02 Å². The molecule has 3 rings (SSSR count). The molecule has 3 aromatic rings. The number of fused-ring (bicyclic) bond motifs is 1. The van der Waals surface area contributed by atoms with Gasteiger partial charge in [0.25, 0.3) is 5.91 Å². The number of benzene rings is 1. The summed E-state index contributed by atoms with van der Waals surface area (Å²) < 4.78 is 16.0. The summed E-state index contributed by atoms with van der Waals surface area (Å²) in [6, 6.07) is 4.86. The molecule has 2 heterocycles. The van der Waals surface area contributed by atoms with E-state index in [-0.39, 0.29) is 17.6 Å². The molecule has 0 unspecified atom stereocenters. The topological polar surface area (TPSA) is 95.5 Å². The molecule has 0 radical (unpaired) electrons. The normalized spacial score (nSPS) is 10.6. The van der Waals surface area contributed by atoms with Gasteiger partial charge in [-0.3, -0.25) is 10.1 Å². The minimum atomic E-state index is -0.479. The highest BCUT2D eigenvalue weighted by Gasteiger charge is 2.17. The first kappa shape index (κ1) is 17.2. The van der Waals surface area contributed by atoms with Crippen LogP contribution in [0.3, 0.4) is 0 Å². The second kappa shape index (κ2) is 7.08. The van der Waals surface area contributed by atoms with Gasteiger partial charge in [0.05, 0.1) is 31.1 Å². The van der Waals surface area contributed by atoms with E-state index in [1.807, 2.05) is 0 Å². The number of ether oxygens (including phenoxy) is 3. The molecule has 25 heavy (non-hydrogen) atoms. The van der Waals surface area contributed by atoms with Gasteiger partial charge in [0.2, 0.25) is 5.88 Å². The highest BCUT2D eigenvalue weighted by Crippen LogP contribution is 2.37. The van der Waals surface area contributed by atoms with Crippen molar-refractivity contribution in [1.29, 1.82) is 0 Å². The van der Waals surface area contributed by atoms with Crippen molar-refractivity contribution in [2.24, 2.45) is 0 Å². The first-order chi connectivity index (χ1) is 12.0. The highest BCUT2D eigenvalue weighted by molar-refractivity contribution is 7.23. The number of carbonyl (C=O) groups excluding carboxylic acids is 1. The lowest BCUT2D eigenvalue weighted by molar-refractivity contribution is 0.102. The summed E-state index contributed by atoms with van der Waals surface area (Å²) in [4.78, 5) is 24.8. The fourth-order valence-corrected chi connectivity index (χ4v) is 3.20. The van der Waals surface area contributed by atoms with Gasteiger partial charge in [-0.05, 0) is 12.1 Å². The number of methoxy groups -OCH3 is 3. The first-order valence-electron chi connectivity index (χ1n) is 6.97. The molecular weight excluding hydrogens is 368 g/mol. The van der Waals surface area contributed by atoms with E-state index < -0.39 is 5.91 Å². The SMILES string of the molecule is COc1cc(C(=O)Nc2nc3c(OC)ccc(Cl)c3s2)nc(OC)n1. The van der Waals surface area contributed by atoms with E-state index >= 15 is 0 Å². The van der Waals surface area contributed by atoms with Crippen molar-refractivity contribution in [1.82, 2.24) is 15.0 Å². The molecule has 0 bridgehead atoms. The quantitative estimate of drug-likeness (QED) is 0.726. The molecule has 0 aliphatic heterocycles. The zero-order valence-corrected chi connectivity index (χ0v) is 15.1. The summed E-state index contributed by atoms with van der Waals surface area (Å²) in [6.07, 6.45) is 0. The molecule has 0 fully saturated rings. The molecule has 0 atom stereocenters. The van der Waals surface area contributed by atoms with Gasteiger partial charge in [-0.1, -0.05) is 22.9 Å². The summed E-state index contributed by atoms with van der Waals surface area (Å²) in [7, 11) is 4.38. The van der Waals surface area contributed by atoms with Crippen molar-refractivity contribution in [3.63, 3.8) is 0 Å². The van der Waals surface area contributed by atoms with Crippen molar-refractivity contribution < 1.29 is 19.0 Å². The molecule has 1 N–H and O–H groups in total. The Bertz CT molecular complexity index is 924. The molecule has 130 valence electrons. The monoisotopic (exact) mass is 380 g/mol. The maximum atomic E-state index is 12.5. The predicted octanol–water partition coefficient (Wildman–Crippen LogP) is 3.02. The Hall–Kier alpha value is -2.65. The van der Waals surface area contributed by atoms with Gasteiger partial charge in [0, 0.05) is 6.07 Å². The fraction of sp³-hybridized carbons (Fsp3) is 0.200. The lowest BCUT2D eigenvalue weighted by Gasteiger charge is -2.05. The lowest BCUT2D eigenvalue weighted by Crippen LogP contribution is -2.14. The van der Waals surface area contributed by atoms with Crippen molar-refractivity contribution in [3.8, 4) is 17.6 Å². The van der Waals surface area contributed by atoms with Gasteiger partial charge >= 0.3 is 6.01 Å². The number of anilines is 1. The van der Waals surface area contributed by atoms with E-state index in [9.17, 15) is 4.79 Å². The van der Waals surface area contributed by atoms with Crippen LogP contribution in [0.15, 0.2) is 18.2 Å². The molecule has 0 spiro atoms. The Kier molecular flexibility index (Phi) is 4.86. The number of hydrogen-bond donors (Lipinski definition) is 1. The van der Waals surface area contributed by atoms with E-state index in [1.165, 1.54) is 31.6 Å². The zero-order valence-electron chi connectivity index (χ0n) is 13.5. The summed E-state index contributed by atoms with van der Waals surface area (Å²) in [5.74, 6) is 0.306. The van der Waals surface area contributed by atoms with Crippen LogP contribution < -0.4 is 19.5 Å². The number of hydrogen-bond acceptors (Lipinski definition) is 8. The molecule has 2 aromatic heterocycles. The van der Waals surface area contributed by atoms with Gasteiger partial charge in [-0.15, -0.1) is 0 Å². The Balaban J connectivity index is 1.93. The Morgan fingerprint density at radius 3 is 2.60 bits per heavy atom. The second-order valence-corrected chi connectivity index (χ2v) is 6.09. The van der Waals surface area contributed by atoms with Gasteiger partial charge < -0.3 is 14.2 Å². The van der Waals surface area contributed by atoms with Crippen LogP contribution in [0.4, 0.5) is 5.13 Å². The number of amides is 1. The molecule has 0 saturated heterocycles. The minimum absolute atomic E-state index is 0.0264. The third kappa shape index (κ3) is 3.42. The third-order valence-corrected chi connectivity index (χ3v) is 4.64. The highest BCUT2D eigenvalue weighted by atomic mass is 35.5. The number of nitrogens with zero attached hydrogens (tertiary/aromatic N) is 3. The van der Waals surface area contributed by atoms with Crippen molar-refractivity contribution >= 4 is 44.2 Å². The summed E-state index contributed by atoms with van der Waals surface area (Å²) in [5.41, 5.74) is 0.661. The van der Waals surface area contributed by atoms with Crippen molar-refractivity contribution in [2.45, 2.75) is 0 Å². The van der Waals surface area contributed by atoms with Gasteiger partial charge in [-0.25, -0.2) is 4.98 Å². The Morgan fingerprint density at radius 2 is 1.92 bits per heavy atom. The first-order valence-corrected chi connectivity index (χ1v) is 8.16. The number of halogens is 1. The van der Waals surface area contributed by atoms with E-state index in [0.717, 1.165) is 0 Å².